The van der Waals surface area contributed by atoms with Crippen molar-refractivity contribution < 1.29 is 17.9 Å². The Morgan fingerprint density at radius 1 is 1.10 bits per heavy atom. The minimum Gasteiger partial charge on any atom is -0.497 e. The lowest BCUT2D eigenvalue weighted by atomic mass is 10.1. The number of aliphatic imine (C=N–C) groups is 1. The number of nitrogens with zero attached hydrogens (tertiary/aromatic N) is 2. The van der Waals surface area contributed by atoms with Crippen molar-refractivity contribution in [3.63, 3.8) is 0 Å². The molecule has 2 aromatic rings. The number of rotatable bonds is 5. The minimum absolute atomic E-state index is 0.0819. The highest BCUT2D eigenvalue weighted by atomic mass is 32.2. The van der Waals surface area contributed by atoms with Crippen molar-refractivity contribution >= 4 is 32.7 Å². The summed E-state index contributed by atoms with van der Waals surface area (Å²) in [6.45, 7) is 0.505. The van der Waals surface area contributed by atoms with E-state index in [1.165, 1.54) is 11.8 Å². The molecule has 1 amide bonds. The quantitative estimate of drug-likeness (QED) is 0.726. The summed E-state index contributed by atoms with van der Waals surface area (Å²) in [4.78, 5) is 18.9. The summed E-state index contributed by atoms with van der Waals surface area (Å²) in [6, 6.07) is 17.0. The van der Waals surface area contributed by atoms with Gasteiger partial charge in [-0.25, -0.2) is 8.42 Å². The van der Waals surface area contributed by atoms with Crippen LogP contribution in [0.5, 0.6) is 5.75 Å². The third-order valence-electron chi connectivity index (χ3n) is 5.11. The van der Waals surface area contributed by atoms with Crippen LogP contribution >= 0.6 is 11.8 Å². The van der Waals surface area contributed by atoms with Gasteiger partial charge >= 0.3 is 0 Å². The second-order valence-corrected chi connectivity index (χ2v) is 10.6. The fourth-order valence-corrected chi connectivity index (χ4v) is 7.63. The lowest BCUT2D eigenvalue weighted by Crippen LogP contribution is -2.37. The van der Waals surface area contributed by atoms with Crippen LogP contribution in [0, 0.1) is 0 Å². The molecule has 2 heterocycles. The molecule has 2 aliphatic heterocycles. The SMILES string of the molecule is COc1ccc(CN2C(=NC(=O)Cc3ccccc3)SC3CS(=O)(=O)CC32)cc1. The molecule has 0 N–H and O–H groups in total. The number of ether oxygens (including phenoxy) is 1. The number of hydrogen-bond donors (Lipinski definition) is 0. The van der Waals surface area contributed by atoms with Gasteiger partial charge in [-0.1, -0.05) is 54.2 Å². The minimum atomic E-state index is -3.06. The van der Waals surface area contributed by atoms with Crippen LogP contribution in [0.3, 0.4) is 0 Å². The molecule has 8 heteroatoms. The van der Waals surface area contributed by atoms with Crippen LogP contribution in [0.25, 0.3) is 0 Å². The number of thioether (sulfide) groups is 1. The van der Waals surface area contributed by atoms with E-state index in [4.69, 9.17) is 4.74 Å². The van der Waals surface area contributed by atoms with E-state index in [1.807, 2.05) is 59.5 Å². The molecule has 2 saturated heterocycles. The predicted octanol–water partition coefficient (Wildman–Crippen LogP) is 2.53. The number of amides is 1. The molecule has 0 aromatic heterocycles. The van der Waals surface area contributed by atoms with Crippen LogP contribution in [0.15, 0.2) is 59.6 Å². The highest BCUT2D eigenvalue weighted by molar-refractivity contribution is 8.15. The van der Waals surface area contributed by atoms with Gasteiger partial charge in [0.05, 0.1) is 31.1 Å². The van der Waals surface area contributed by atoms with Gasteiger partial charge in [0, 0.05) is 11.8 Å². The van der Waals surface area contributed by atoms with E-state index >= 15 is 0 Å². The summed E-state index contributed by atoms with van der Waals surface area (Å²) in [5.41, 5.74) is 1.92. The Kier molecular flexibility index (Phi) is 5.65. The van der Waals surface area contributed by atoms with Gasteiger partial charge in [0.25, 0.3) is 5.91 Å². The third kappa shape index (κ3) is 4.64. The molecule has 2 fully saturated rings. The van der Waals surface area contributed by atoms with E-state index in [0.717, 1.165) is 16.9 Å². The van der Waals surface area contributed by atoms with Crippen molar-refractivity contribution in [2.45, 2.75) is 24.3 Å². The topological polar surface area (TPSA) is 76.0 Å². The molecule has 6 nitrogen and oxygen atoms in total. The van der Waals surface area contributed by atoms with Gasteiger partial charge in [0.1, 0.15) is 5.75 Å². The molecule has 29 heavy (non-hydrogen) atoms. The first-order chi connectivity index (χ1) is 13.9. The van der Waals surface area contributed by atoms with Crippen molar-refractivity contribution in [3.05, 3.63) is 65.7 Å². The molecule has 2 unspecified atom stereocenters. The largest absolute Gasteiger partial charge is 0.497 e. The van der Waals surface area contributed by atoms with E-state index in [2.05, 4.69) is 4.99 Å². The Labute approximate surface area is 174 Å². The third-order valence-corrected chi connectivity index (χ3v) is 8.35. The summed E-state index contributed by atoms with van der Waals surface area (Å²) < 4.78 is 29.5. The van der Waals surface area contributed by atoms with Gasteiger partial charge < -0.3 is 9.64 Å². The van der Waals surface area contributed by atoms with Gasteiger partial charge in [0.2, 0.25) is 0 Å². The van der Waals surface area contributed by atoms with Gasteiger partial charge in [-0.2, -0.15) is 4.99 Å². The molecular weight excluding hydrogens is 408 g/mol. The molecule has 0 saturated carbocycles. The maximum absolute atomic E-state index is 12.5. The van der Waals surface area contributed by atoms with Gasteiger partial charge in [0.15, 0.2) is 15.0 Å². The number of amidine groups is 1. The van der Waals surface area contributed by atoms with Crippen LogP contribution in [0.2, 0.25) is 0 Å². The van der Waals surface area contributed by atoms with Crippen molar-refractivity contribution in [2.75, 3.05) is 18.6 Å². The van der Waals surface area contributed by atoms with E-state index in [-0.39, 0.29) is 35.1 Å². The number of benzene rings is 2. The number of sulfone groups is 1. The van der Waals surface area contributed by atoms with E-state index < -0.39 is 9.84 Å². The second kappa shape index (κ2) is 8.20. The molecule has 2 aromatic carbocycles. The van der Waals surface area contributed by atoms with Crippen molar-refractivity contribution in [3.8, 4) is 5.75 Å². The molecule has 0 aliphatic carbocycles. The molecule has 2 aliphatic rings. The number of carbonyl (C=O) groups excluding carboxylic acids is 1. The first kappa shape index (κ1) is 20.0. The predicted molar refractivity (Wildman–Crippen MR) is 115 cm³/mol. The van der Waals surface area contributed by atoms with Crippen LogP contribution in [0.1, 0.15) is 11.1 Å². The van der Waals surface area contributed by atoms with Crippen LogP contribution in [0.4, 0.5) is 0 Å². The Bertz CT molecular complexity index is 1020. The monoisotopic (exact) mass is 430 g/mol. The van der Waals surface area contributed by atoms with Gasteiger partial charge in [-0.3, -0.25) is 4.79 Å². The zero-order valence-corrected chi connectivity index (χ0v) is 17.7. The zero-order chi connectivity index (χ0) is 20.4. The van der Waals surface area contributed by atoms with Gasteiger partial charge in [-0.05, 0) is 23.3 Å². The summed E-state index contributed by atoms with van der Waals surface area (Å²) in [6.07, 6.45) is 0.231. The Morgan fingerprint density at radius 3 is 2.52 bits per heavy atom. The summed E-state index contributed by atoms with van der Waals surface area (Å²) >= 11 is 1.41. The number of fused-ring (bicyclic) bond motifs is 1. The van der Waals surface area contributed by atoms with Crippen molar-refractivity contribution in [2.24, 2.45) is 4.99 Å². The lowest BCUT2D eigenvalue weighted by molar-refractivity contribution is -0.117. The van der Waals surface area contributed by atoms with Crippen LogP contribution in [-0.4, -0.2) is 54.3 Å². The highest BCUT2D eigenvalue weighted by Crippen LogP contribution is 2.39. The van der Waals surface area contributed by atoms with Crippen molar-refractivity contribution in [1.82, 2.24) is 4.90 Å². The maximum atomic E-state index is 12.5. The Morgan fingerprint density at radius 2 is 1.83 bits per heavy atom. The fourth-order valence-electron chi connectivity index (χ4n) is 3.66. The number of methoxy groups -OCH3 is 1. The summed E-state index contributed by atoms with van der Waals surface area (Å²) in [7, 11) is -1.45. The smallest absolute Gasteiger partial charge is 0.252 e. The average molecular weight is 431 g/mol. The molecule has 0 radical (unpaired) electrons. The zero-order valence-electron chi connectivity index (χ0n) is 16.0. The van der Waals surface area contributed by atoms with E-state index in [9.17, 15) is 13.2 Å². The van der Waals surface area contributed by atoms with Crippen LogP contribution in [-0.2, 0) is 27.6 Å². The van der Waals surface area contributed by atoms with E-state index in [1.54, 1.807) is 7.11 Å². The molecule has 0 bridgehead atoms. The molecule has 0 spiro atoms. The molecular formula is C21H22N2O4S2. The Hall–Kier alpha value is -2.32. The van der Waals surface area contributed by atoms with E-state index in [0.29, 0.717) is 11.7 Å². The van der Waals surface area contributed by atoms with Gasteiger partial charge in [-0.15, -0.1) is 0 Å². The first-order valence-electron chi connectivity index (χ1n) is 9.35. The average Bonchev–Trinajstić information content (AvgIpc) is 3.15. The number of hydrogen-bond acceptors (Lipinski definition) is 5. The number of carbonyl (C=O) groups is 1. The van der Waals surface area contributed by atoms with Crippen LogP contribution < -0.4 is 4.74 Å². The standard InChI is InChI=1S/C21H22N2O4S2/c1-27-17-9-7-16(8-10-17)12-23-18-13-29(25,26)14-19(18)28-21(23)22-20(24)11-15-5-3-2-4-6-15/h2-10,18-19H,11-14H2,1H3. The normalized spacial score (nSPS) is 23.9. The highest BCUT2D eigenvalue weighted by Gasteiger charge is 2.48. The molecule has 152 valence electrons. The lowest BCUT2D eigenvalue weighted by Gasteiger charge is -2.24. The summed E-state index contributed by atoms with van der Waals surface area (Å²) in [5, 5.41) is 0.535. The first-order valence-corrected chi connectivity index (χ1v) is 12.1. The fraction of sp³-hybridized carbons (Fsp3) is 0.333. The Balaban J connectivity index is 1.56. The maximum Gasteiger partial charge on any atom is 0.252 e. The summed E-state index contributed by atoms with van der Waals surface area (Å²) in [5.74, 6) is 0.777. The molecule has 2 atom stereocenters. The molecule has 4 rings (SSSR count). The van der Waals surface area contributed by atoms with Crippen molar-refractivity contribution in [1.29, 1.82) is 0 Å². The second-order valence-electron chi connectivity index (χ2n) is 7.23.